The first-order valence-corrected chi connectivity index (χ1v) is 10.2. The van der Waals surface area contributed by atoms with Crippen molar-refractivity contribution in [1.82, 2.24) is 20.2 Å². The molecule has 0 bridgehead atoms. The molecule has 3 aromatic rings. The van der Waals surface area contributed by atoms with Crippen LogP contribution in [0.15, 0.2) is 54.9 Å². The predicted octanol–water partition coefficient (Wildman–Crippen LogP) is 3.95. The number of aromatic nitrogens is 2. The number of carbonyl (C=O) groups is 1. The van der Waals surface area contributed by atoms with Crippen molar-refractivity contribution in [3.8, 4) is 6.01 Å². The van der Waals surface area contributed by atoms with Crippen LogP contribution in [-0.2, 0) is 13.0 Å². The van der Waals surface area contributed by atoms with Gasteiger partial charge in [-0.1, -0.05) is 49.4 Å². The van der Waals surface area contributed by atoms with E-state index in [-0.39, 0.29) is 12.1 Å². The van der Waals surface area contributed by atoms with Crippen LogP contribution < -0.4 is 10.1 Å². The van der Waals surface area contributed by atoms with Crippen LogP contribution in [0.4, 0.5) is 4.79 Å². The van der Waals surface area contributed by atoms with Crippen LogP contribution in [0, 0.1) is 0 Å². The topological polar surface area (TPSA) is 67.3 Å². The molecular weight excluding hydrogens is 364 g/mol. The second-order valence-corrected chi connectivity index (χ2v) is 7.35. The fourth-order valence-electron chi connectivity index (χ4n) is 3.68. The van der Waals surface area contributed by atoms with E-state index in [1.165, 1.54) is 10.8 Å². The second-order valence-electron chi connectivity index (χ2n) is 7.35. The second kappa shape index (κ2) is 8.90. The molecule has 0 radical (unpaired) electrons. The molecule has 1 saturated heterocycles. The van der Waals surface area contributed by atoms with E-state index in [0.717, 1.165) is 36.9 Å². The lowest BCUT2D eigenvalue weighted by atomic mass is 10.0. The standard InChI is InChI=1S/C23H26N4O2/c1-2-17-13-24-22(25-14-17)29-20-10-6-12-27(16-20)23(28)26-15-19-9-5-8-18-7-3-4-11-21(18)19/h3-5,7-9,11,13-14,20H,2,6,10,12,15-16H2,1H3,(H,26,28). The third-order valence-corrected chi connectivity index (χ3v) is 5.34. The summed E-state index contributed by atoms with van der Waals surface area (Å²) in [7, 11) is 0. The van der Waals surface area contributed by atoms with Crippen LogP contribution in [0.1, 0.15) is 30.9 Å². The van der Waals surface area contributed by atoms with Crippen LogP contribution in [0.25, 0.3) is 10.8 Å². The number of aryl methyl sites for hydroxylation is 1. The van der Waals surface area contributed by atoms with Crippen LogP contribution in [-0.4, -0.2) is 40.1 Å². The van der Waals surface area contributed by atoms with Gasteiger partial charge in [-0.25, -0.2) is 14.8 Å². The van der Waals surface area contributed by atoms with Gasteiger partial charge in [0.1, 0.15) is 6.10 Å². The number of hydrogen-bond donors (Lipinski definition) is 1. The van der Waals surface area contributed by atoms with Gasteiger partial charge in [0.15, 0.2) is 0 Å². The summed E-state index contributed by atoms with van der Waals surface area (Å²) < 4.78 is 5.91. The Kier molecular flexibility index (Phi) is 5.89. The van der Waals surface area contributed by atoms with Gasteiger partial charge in [0.2, 0.25) is 0 Å². The minimum atomic E-state index is -0.0838. The molecule has 1 aliphatic heterocycles. The van der Waals surface area contributed by atoms with Crippen LogP contribution in [0.2, 0.25) is 0 Å². The predicted molar refractivity (Wildman–Crippen MR) is 113 cm³/mol. The first-order valence-electron chi connectivity index (χ1n) is 10.2. The van der Waals surface area contributed by atoms with E-state index in [2.05, 4.69) is 46.5 Å². The number of amides is 2. The molecule has 1 N–H and O–H groups in total. The summed E-state index contributed by atoms with van der Waals surface area (Å²) in [6.45, 7) is 3.84. The van der Waals surface area contributed by atoms with Crippen molar-refractivity contribution in [3.63, 3.8) is 0 Å². The van der Waals surface area contributed by atoms with Crippen molar-refractivity contribution in [2.75, 3.05) is 13.1 Å². The molecule has 29 heavy (non-hydrogen) atoms. The third kappa shape index (κ3) is 4.65. The van der Waals surface area contributed by atoms with Crippen molar-refractivity contribution in [1.29, 1.82) is 0 Å². The molecule has 150 valence electrons. The molecule has 1 aliphatic rings. The smallest absolute Gasteiger partial charge is 0.317 e. The van der Waals surface area contributed by atoms with Gasteiger partial charge in [-0.15, -0.1) is 0 Å². The number of rotatable bonds is 5. The number of likely N-dealkylation sites (tertiary alicyclic amines) is 1. The highest BCUT2D eigenvalue weighted by molar-refractivity contribution is 5.86. The van der Waals surface area contributed by atoms with Gasteiger partial charge in [0.25, 0.3) is 0 Å². The highest BCUT2D eigenvalue weighted by Crippen LogP contribution is 2.19. The molecular formula is C23H26N4O2. The number of nitrogens with zero attached hydrogens (tertiary/aromatic N) is 3. The van der Waals surface area contributed by atoms with Crippen molar-refractivity contribution in [2.45, 2.75) is 38.8 Å². The zero-order chi connectivity index (χ0) is 20.1. The maximum Gasteiger partial charge on any atom is 0.317 e. The lowest BCUT2D eigenvalue weighted by Gasteiger charge is -2.32. The Morgan fingerprint density at radius 2 is 1.97 bits per heavy atom. The number of ether oxygens (including phenoxy) is 1. The van der Waals surface area contributed by atoms with E-state index in [9.17, 15) is 4.79 Å². The number of piperidine rings is 1. The van der Waals surface area contributed by atoms with E-state index >= 15 is 0 Å². The van der Waals surface area contributed by atoms with E-state index in [1.807, 2.05) is 23.1 Å². The number of benzene rings is 2. The van der Waals surface area contributed by atoms with Gasteiger partial charge in [-0.3, -0.25) is 0 Å². The van der Waals surface area contributed by atoms with Gasteiger partial charge in [-0.05, 0) is 41.2 Å². The van der Waals surface area contributed by atoms with Crippen LogP contribution in [0.3, 0.4) is 0 Å². The fourth-order valence-corrected chi connectivity index (χ4v) is 3.68. The SMILES string of the molecule is CCc1cnc(OC2CCCN(C(=O)NCc3cccc4ccccc34)C2)nc1. The summed E-state index contributed by atoms with van der Waals surface area (Å²) in [5.41, 5.74) is 2.20. The Morgan fingerprint density at radius 1 is 1.17 bits per heavy atom. The summed E-state index contributed by atoms with van der Waals surface area (Å²) >= 11 is 0. The van der Waals surface area contributed by atoms with Crippen molar-refractivity contribution < 1.29 is 9.53 Å². The molecule has 6 nitrogen and oxygen atoms in total. The molecule has 0 saturated carbocycles. The first-order chi connectivity index (χ1) is 14.2. The number of fused-ring (bicyclic) bond motifs is 1. The van der Waals surface area contributed by atoms with Gasteiger partial charge in [-0.2, -0.15) is 0 Å². The molecule has 0 aliphatic carbocycles. The Labute approximate surface area is 170 Å². The van der Waals surface area contributed by atoms with Gasteiger partial charge in [0.05, 0.1) is 6.54 Å². The molecule has 4 rings (SSSR count). The Balaban J connectivity index is 1.34. The minimum Gasteiger partial charge on any atom is -0.458 e. The Bertz CT molecular complexity index is 969. The summed E-state index contributed by atoms with van der Waals surface area (Å²) in [4.78, 5) is 23.1. The molecule has 1 unspecified atom stereocenters. The molecule has 2 amide bonds. The maximum absolute atomic E-state index is 12.7. The zero-order valence-corrected chi connectivity index (χ0v) is 16.7. The quantitative estimate of drug-likeness (QED) is 0.716. The zero-order valence-electron chi connectivity index (χ0n) is 16.7. The van der Waals surface area contributed by atoms with Crippen LogP contribution >= 0.6 is 0 Å². The Morgan fingerprint density at radius 3 is 2.79 bits per heavy atom. The summed E-state index contributed by atoms with van der Waals surface area (Å²) in [6.07, 6.45) is 6.19. The molecule has 0 spiro atoms. The van der Waals surface area contributed by atoms with Crippen molar-refractivity contribution in [3.05, 3.63) is 66.0 Å². The average molecular weight is 390 g/mol. The van der Waals surface area contributed by atoms with Gasteiger partial charge in [0, 0.05) is 25.5 Å². The average Bonchev–Trinajstić information content (AvgIpc) is 2.78. The van der Waals surface area contributed by atoms with E-state index in [1.54, 1.807) is 12.4 Å². The van der Waals surface area contributed by atoms with Crippen LogP contribution in [0.5, 0.6) is 6.01 Å². The molecule has 6 heteroatoms. The number of urea groups is 1. The number of carbonyl (C=O) groups excluding carboxylic acids is 1. The fraction of sp³-hybridized carbons (Fsp3) is 0.348. The van der Waals surface area contributed by atoms with Gasteiger partial charge < -0.3 is 15.0 Å². The highest BCUT2D eigenvalue weighted by atomic mass is 16.5. The largest absolute Gasteiger partial charge is 0.458 e. The Hall–Kier alpha value is -3.15. The summed E-state index contributed by atoms with van der Waals surface area (Å²) in [6, 6.07) is 14.7. The molecule has 2 heterocycles. The normalized spacial score (nSPS) is 16.6. The van der Waals surface area contributed by atoms with E-state index in [4.69, 9.17) is 4.74 Å². The highest BCUT2D eigenvalue weighted by Gasteiger charge is 2.25. The van der Waals surface area contributed by atoms with Crippen molar-refractivity contribution >= 4 is 16.8 Å². The third-order valence-electron chi connectivity index (χ3n) is 5.34. The summed E-state index contributed by atoms with van der Waals surface area (Å²) in [5.74, 6) is 0. The van der Waals surface area contributed by atoms with Crippen molar-refractivity contribution in [2.24, 2.45) is 0 Å². The minimum absolute atomic E-state index is 0.0616. The number of nitrogens with one attached hydrogen (secondary N) is 1. The molecule has 1 aromatic heterocycles. The van der Waals surface area contributed by atoms with Gasteiger partial charge >= 0.3 is 12.0 Å². The molecule has 1 fully saturated rings. The number of hydrogen-bond acceptors (Lipinski definition) is 4. The lowest BCUT2D eigenvalue weighted by molar-refractivity contribution is 0.0937. The lowest BCUT2D eigenvalue weighted by Crippen LogP contribution is -2.48. The first kappa shape index (κ1) is 19.2. The van der Waals surface area contributed by atoms with E-state index in [0.29, 0.717) is 19.1 Å². The molecule has 1 atom stereocenters. The summed E-state index contributed by atoms with van der Waals surface area (Å²) in [5, 5.41) is 5.41. The van der Waals surface area contributed by atoms with E-state index < -0.39 is 0 Å². The maximum atomic E-state index is 12.7. The molecule has 2 aromatic carbocycles. The monoisotopic (exact) mass is 390 g/mol.